The lowest BCUT2D eigenvalue weighted by Gasteiger charge is -2.37. The Labute approximate surface area is 213 Å². The zero-order valence-corrected chi connectivity index (χ0v) is 22.3. The lowest BCUT2D eigenvalue weighted by molar-refractivity contribution is 0.0121. The van der Waals surface area contributed by atoms with Gasteiger partial charge >= 0.3 is 0 Å². The molecule has 0 aliphatic carbocycles. The van der Waals surface area contributed by atoms with Crippen LogP contribution in [0.1, 0.15) is 63.0 Å². The Bertz CT molecular complexity index is 880. The number of nitrogens with zero attached hydrogens (tertiary/aromatic N) is 2. The van der Waals surface area contributed by atoms with Crippen molar-refractivity contribution in [2.45, 2.75) is 64.0 Å². The van der Waals surface area contributed by atoms with Crippen molar-refractivity contribution < 1.29 is 5.11 Å². The van der Waals surface area contributed by atoms with Gasteiger partial charge in [0.05, 0.1) is 5.60 Å². The Balaban J connectivity index is 1.35. The average molecular weight is 510 g/mol. The molecule has 3 unspecified atom stereocenters. The van der Waals surface area contributed by atoms with Gasteiger partial charge in [-0.1, -0.05) is 42.6 Å². The average Bonchev–Trinajstić information content (AvgIpc) is 3.41. The van der Waals surface area contributed by atoms with Crippen LogP contribution in [0, 0.1) is 11.8 Å². The van der Waals surface area contributed by atoms with Crippen molar-refractivity contribution in [3.05, 3.63) is 56.2 Å². The van der Waals surface area contributed by atoms with E-state index in [9.17, 15) is 5.11 Å². The van der Waals surface area contributed by atoms with E-state index in [1.165, 1.54) is 18.4 Å². The fourth-order valence-electron chi connectivity index (χ4n) is 6.00. The maximum absolute atomic E-state index is 10.7. The number of benzene rings is 1. The van der Waals surface area contributed by atoms with E-state index in [0.717, 1.165) is 69.1 Å². The summed E-state index contributed by atoms with van der Waals surface area (Å²) in [6.07, 6.45) is 5.32. The molecule has 0 spiro atoms. The number of hydrogen-bond acceptors (Lipinski definition) is 4. The molecule has 1 N–H and O–H groups in total. The molecule has 2 fully saturated rings. The molecular weight excluding hydrogens is 471 g/mol. The summed E-state index contributed by atoms with van der Waals surface area (Å²) in [7, 11) is 0. The van der Waals surface area contributed by atoms with E-state index < -0.39 is 5.60 Å². The minimum atomic E-state index is -0.499. The molecule has 6 heteroatoms. The molecule has 33 heavy (non-hydrogen) atoms. The van der Waals surface area contributed by atoms with E-state index in [0.29, 0.717) is 22.8 Å². The second kappa shape index (κ2) is 11.4. The summed E-state index contributed by atoms with van der Waals surface area (Å²) < 4.78 is 0. The summed E-state index contributed by atoms with van der Waals surface area (Å²) in [6.45, 7) is 10.7. The molecule has 4 rings (SSSR count). The van der Waals surface area contributed by atoms with Gasteiger partial charge in [0.15, 0.2) is 0 Å². The van der Waals surface area contributed by atoms with Crippen molar-refractivity contribution >= 4 is 34.5 Å². The van der Waals surface area contributed by atoms with Gasteiger partial charge in [0.1, 0.15) is 0 Å². The Morgan fingerprint density at radius 1 is 1.12 bits per heavy atom. The maximum Gasteiger partial charge on any atom is 0.0622 e. The Morgan fingerprint density at radius 2 is 1.91 bits per heavy atom. The van der Waals surface area contributed by atoms with E-state index in [1.807, 2.05) is 19.1 Å². The lowest BCUT2D eigenvalue weighted by atomic mass is 9.83. The highest BCUT2D eigenvalue weighted by Crippen LogP contribution is 2.37. The standard InChI is InChI=1S/C27H38Cl2N2OS/c1-3-9-27(2,32)14-20-6-10-30(11-7-20)16-23-17-31(18-25(23)22-8-12-33-19-22)15-21-4-5-24(28)13-26(21)29/h4-5,8,12-13,19-20,23,25,32H,3,6-7,9-11,14-18H2,1-2H3. The van der Waals surface area contributed by atoms with Gasteiger partial charge in [0.2, 0.25) is 0 Å². The van der Waals surface area contributed by atoms with E-state index in [2.05, 4.69) is 39.6 Å². The number of hydrogen-bond donors (Lipinski definition) is 1. The zero-order valence-electron chi connectivity index (χ0n) is 20.0. The van der Waals surface area contributed by atoms with Gasteiger partial charge in [-0.25, -0.2) is 0 Å². The Kier molecular flexibility index (Phi) is 8.81. The van der Waals surface area contributed by atoms with Gasteiger partial charge in [0.25, 0.3) is 0 Å². The zero-order chi connectivity index (χ0) is 23.4. The van der Waals surface area contributed by atoms with Crippen molar-refractivity contribution in [2.24, 2.45) is 11.8 Å². The van der Waals surface area contributed by atoms with Crippen molar-refractivity contribution in [3.8, 4) is 0 Å². The molecule has 3 nitrogen and oxygen atoms in total. The van der Waals surface area contributed by atoms with Gasteiger partial charge in [-0.15, -0.1) is 0 Å². The van der Waals surface area contributed by atoms with Crippen molar-refractivity contribution in [2.75, 3.05) is 32.7 Å². The highest BCUT2D eigenvalue weighted by atomic mass is 35.5. The molecule has 0 bridgehead atoms. The first-order valence-electron chi connectivity index (χ1n) is 12.5. The molecule has 0 amide bonds. The van der Waals surface area contributed by atoms with E-state index in [-0.39, 0.29) is 0 Å². The van der Waals surface area contributed by atoms with Crippen LogP contribution in [-0.4, -0.2) is 53.2 Å². The van der Waals surface area contributed by atoms with E-state index in [4.69, 9.17) is 23.2 Å². The SMILES string of the molecule is CCCC(C)(O)CC1CCN(CC2CN(Cc3ccc(Cl)cc3Cl)CC2c2ccsc2)CC1. The van der Waals surface area contributed by atoms with Gasteiger partial charge in [-0.3, -0.25) is 4.90 Å². The van der Waals surface area contributed by atoms with E-state index in [1.54, 1.807) is 11.3 Å². The predicted molar refractivity (Wildman–Crippen MR) is 142 cm³/mol. The predicted octanol–water partition coefficient (Wildman–Crippen LogP) is 6.92. The summed E-state index contributed by atoms with van der Waals surface area (Å²) in [5.74, 6) is 1.86. The van der Waals surface area contributed by atoms with Crippen molar-refractivity contribution in [1.29, 1.82) is 0 Å². The second-order valence-corrected chi connectivity index (χ2v) is 12.2. The molecule has 3 atom stereocenters. The summed E-state index contributed by atoms with van der Waals surface area (Å²) in [5.41, 5.74) is 2.14. The summed E-state index contributed by atoms with van der Waals surface area (Å²) in [6, 6.07) is 8.16. The fraction of sp³-hybridized carbons (Fsp3) is 0.630. The number of thiophene rings is 1. The molecule has 2 aliphatic heterocycles. The minimum absolute atomic E-state index is 0.499. The van der Waals surface area contributed by atoms with Crippen LogP contribution < -0.4 is 0 Å². The second-order valence-electron chi connectivity index (χ2n) is 10.5. The van der Waals surface area contributed by atoms with Gasteiger partial charge in [0, 0.05) is 42.1 Å². The molecule has 2 aromatic rings. The normalized spacial score (nSPS) is 24.9. The Hall–Kier alpha value is -0.620. The van der Waals surface area contributed by atoms with Crippen LogP contribution in [0.15, 0.2) is 35.0 Å². The molecular formula is C27H38Cl2N2OS. The van der Waals surface area contributed by atoms with Crippen LogP contribution in [0.4, 0.5) is 0 Å². The number of piperidine rings is 1. The third kappa shape index (κ3) is 6.96. The fourth-order valence-corrected chi connectivity index (χ4v) is 7.19. The monoisotopic (exact) mass is 508 g/mol. The first-order valence-corrected chi connectivity index (χ1v) is 14.2. The summed E-state index contributed by atoms with van der Waals surface area (Å²) >= 11 is 14.4. The molecule has 0 saturated carbocycles. The number of rotatable bonds is 9. The van der Waals surface area contributed by atoms with Crippen LogP contribution in [-0.2, 0) is 6.54 Å². The molecule has 3 heterocycles. The summed E-state index contributed by atoms with van der Waals surface area (Å²) in [5, 5.41) is 16.6. The van der Waals surface area contributed by atoms with Crippen molar-refractivity contribution in [1.82, 2.24) is 9.80 Å². The lowest BCUT2D eigenvalue weighted by Crippen LogP contribution is -2.40. The topological polar surface area (TPSA) is 26.7 Å². The quantitative estimate of drug-likeness (QED) is 0.397. The molecule has 1 aromatic carbocycles. The number of likely N-dealkylation sites (tertiary alicyclic amines) is 2. The van der Waals surface area contributed by atoms with Crippen molar-refractivity contribution in [3.63, 3.8) is 0 Å². The van der Waals surface area contributed by atoms with Gasteiger partial charge in [-0.05, 0) is 97.6 Å². The molecule has 1 aromatic heterocycles. The van der Waals surface area contributed by atoms with Crippen LogP contribution in [0.2, 0.25) is 10.0 Å². The third-order valence-corrected chi connectivity index (χ3v) is 8.90. The molecule has 2 saturated heterocycles. The number of halogens is 2. The van der Waals surface area contributed by atoms with Crippen LogP contribution >= 0.6 is 34.5 Å². The molecule has 182 valence electrons. The smallest absolute Gasteiger partial charge is 0.0622 e. The highest BCUT2D eigenvalue weighted by molar-refractivity contribution is 7.08. The third-order valence-electron chi connectivity index (χ3n) is 7.61. The van der Waals surface area contributed by atoms with Crippen LogP contribution in [0.5, 0.6) is 0 Å². The van der Waals surface area contributed by atoms with Gasteiger partial charge < -0.3 is 10.0 Å². The van der Waals surface area contributed by atoms with Crippen LogP contribution in [0.25, 0.3) is 0 Å². The first-order chi connectivity index (χ1) is 15.8. The van der Waals surface area contributed by atoms with E-state index >= 15 is 0 Å². The maximum atomic E-state index is 10.7. The molecule has 2 aliphatic rings. The molecule has 0 radical (unpaired) electrons. The number of aliphatic hydroxyl groups is 1. The largest absolute Gasteiger partial charge is 0.390 e. The minimum Gasteiger partial charge on any atom is -0.390 e. The first kappa shape index (κ1) is 25.5. The van der Waals surface area contributed by atoms with Crippen LogP contribution in [0.3, 0.4) is 0 Å². The summed E-state index contributed by atoms with van der Waals surface area (Å²) in [4.78, 5) is 5.24. The Morgan fingerprint density at radius 3 is 2.58 bits per heavy atom. The highest BCUT2D eigenvalue weighted by Gasteiger charge is 2.36. The van der Waals surface area contributed by atoms with Gasteiger partial charge in [-0.2, -0.15) is 11.3 Å².